The Balaban J connectivity index is 1.57. The van der Waals surface area contributed by atoms with Crippen molar-refractivity contribution in [3.05, 3.63) is 23.9 Å². The van der Waals surface area contributed by atoms with Crippen LogP contribution in [0.4, 0.5) is 5.82 Å². The Morgan fingerprint density at radius 1 is 1.41 bits per heavy atom. The highest BCUT2D eigenvalue weighted by Gasteiger charge is 2.33. The molecule has 116 valence electrons. The Kier molecular flexibility index (Phi) is 4.25. The standard InChI is InChI=1S/C16H20N4O2/c17-10-12-2-1-7-18-15(12)20-8-5-11(6-9-20)14(21)16(22)19-13-3-4-13/h1-2,7,11,13-14,21H,3-6,8-9H2,(H,19,22)/t14-/m0/s1. The largest absolute Gasteiger partial charge is 0.383 e. The number of aliphatic hydroxyl groups excluding tert-OH is 1. The first-order valence-electron chi connectivity index (χ1n) is 7.77. The van der Waals surface area contributed by atoms with Gasteiger partial charge in [-0.1, -0.05) is 0 Å². The van der Waals surface area contributed by atoms with Crippen molar-refractivity contribution in [1.29, 1.82) is 5.26 Å². The second-order valence-electron chi connectivity index (χ2n) is 6.04. The predicted molar refractivity (Wildman–Crippen MR) is 81.1 cm³/mol. The summed E-state index contributed by atoms with van der Waals surface area (Å²) in [5.41, 5.74) is 0.563. The van der Waals surface area contributed by atoms with Crippen molar-refractivity contribution in [3.8, 4) is 6.07 Å². The van der Waals surface area contributed by atoms with Crippen molar-refractivity contribution in [2.24, 2.45) is 5.92 Å². The fraction of sp³-hybridized carbons (Fsp3) is 0.562. The maximum atomic E-state index is 11.9. The van der Waals surface area contributed by atoms with Crippen LogP contribution in [0.3, 0.4) is 0 Å². The van der Waals surface area contributed by atoms with Crippen LogP contribution in [-0.2, 0) is 4.79 Å². The maximum absolute atomic E-state index is 11.9. The van der Waals surface area contributed by atoms with Gasteiger partial charge in [0.2, 0.25) is 5.91 Å². The average molecular weight is 300 g/mol. The van der Waals surface area contributed by atoms with Gasteiger partial charge in [0.1, 0.15) is 18.0 Å². The molecule has 1 saturated carbocycles. The summed E-state index contributed by atoms with van der Waals surface area (Å²) in [5.74, 6) is 0.432. The Hall–Kier alpha value is -2.13. The molecule has 0 bridgehead atoms. The van der Waals surface area contributed by atoms with Crippen molar-refractivity contribution in [1.82, 2.24) is 10.3 Å². The summed E-state index contributed by atoms with van der Waals surface area (Å²) in [7, 11) is 0. The molecule has 0 unspecified atom stereocenters. The summed E-state index contributed by atoms with van der Waals surface area (Å²) in [4.78, 5) is 18.3. The molecule has 1 amide bonds. The summed E-state index contributed by atoms with van der Waals surface area (Å²) in [6, 6.07) is 5.94. The van der Waals surface area contributed by atoms with Gasteiger partial charge in [-0.3, -0.25) is 4.79 Å². The van der Waals surface area contributed by atoms with E-state index in [2.05, 4.69) is 21.3 Å². The van der Waals surface area contributed by atoms with Crippen LogP contribution in [0.15, 0.2) is 18.3 Å². The van der Waals surface area contributed by atoms with Crippen LogP contribution < -0.4 is 10.2 Å². The minimum Gasteiger partial charge on any atom is -0.383 e. The smallest absolute Gasteiger partial charge is 0.249 e. The summed E-state index contributed by atoms with van der Waals surface area (Å²) in [6.45, 7) is 1.40. The molecule has 6 heteroatoms. The zero-order chi connectivity index (χ0) is 15.5. The lowest BCUT2D eigenvalue weighted by molar-refractivity contribution is -0.132. The van der Waals surface area contributed by atoms with Gasteiger partial charge in [0.15, 0.2) is 0 Å². The minimum absolute atomic E-state index is 0.0238. The molecular weight excluding hydrogens is 280 g/mol. The van der Waals surface area contributed by atoms with Gasteiger partial charge in [0.25, 0.3) is 0 Å². The topological polar surface area (TPSA) is 89.2 Å². The van der Waals surface area contributed by atoms with E-state index in [1.165, 1.54) is 0 Å². The van der Waals surface area contributed by atoms with Gasteiger partial charge < -0.3 is 15.3 Å². The SMILES string of the molecule is N#Cc1cccnc1N1CCC([C@H](O)C(=O)NC2CC2)CC1. The van der Waals surface area contributed by atoms with Gasteiger partial charge in [-0.05, 0) is 43.7 Å². The van der Waals surface area contributed by atoms with Crippen LogP contribution in [0.1, 0.15) is 31.2 Å². The molecule has 2 fully saturated rings. The van der Waals surface area contributed by atoms with Crippen LogP contribution in [-0.4, -0.2) is 41.2 Å². The fourth-order valence-electron chi connectivity index (χ4n) is 2.89. The number of nitriles is 1. The minimum atomic E-state index is -0.929. The van der Waals surface area contributed by atoms with Crippen molar-refractivity contribution < 1.29 is 9.90 Å². The lowest BCUT2D eigenvalue weighted by atomic mass is 9.90. The third-order valence-corrected chi connectivity index (χ3v) is 4.39. The van der Waals surface area contributed by atoms with Gasteiger partial charge in [-0.15, -0.1) is 0 Å². The first-order chi connectivity index (χ1) is 10.7. The number of aliphatic hydroxyl groups is 1. The lowest BCUT2D eigenvalue weighted by Crippen LogP contribution is -2.45. The number of pyridine rings is 1. The third-order valence-electron chi connectivity index (χ3n) is 4.39. The second-order valence-corrected chi connectivity index (χ2v) is 6.04. The molecule has 0 aromatic carbocycles. The second kappa shape index (κ2) is 6.32. The monoisotopic (exact) mass is 300 g/mol. The molecule has 22 heavy (non-hydrogen) atoms. The van der Waals surface area contributed by atoms with Crippen molar-refractivity contribution >= 4 is 11.7 Å². The van der Waals surface area contributed by atoms with Crippen LogP contribution in [0.2, 0.25) is 0 Å². The molecule has 0 radical (unpaired) electrons. The van der Waals surface area contributed by atoms with Gasteiger partial charge in [-0.2, -0.15) is 5.26 Å². The molecule has 2 N–H and O–H groups in total. The first kappa shape index (κ1) is 14.8. The summed E-state index contributed by atoms with van der Waals surface area (Å²) in [5, 5.41) is 22.2. The van der Waals surface area contributed by atoms with E-state index in [0.29, 0.717) is 24.5 Å². The van der Waals surface area contributed by atoms with Crippen molar-refractivity contribution in [3.63, 3.8) is 0 Å². The summed E-state index contributed by atoms with van der Waals surface area (Å²) in [6.07, 6.45) is 4.24. The number of hydrogen-bond acceptors (Lipinski definition) is 5. The Morgan fingerprint density at radius 3 is 2.77 bits per heavy atom. The quantitative estimate of drug-likeness (QED) is 0.859. The molecule has 0 spiro atoms. The van der Waals surface area contributed by atoms with E-state index >= 15 is 0 Å². The van der Waals surface area contributed by atoms with E-state index in [0.717, 1.165) is 25.7 Å². The number of carbonyl (C=O) groups is 1. The Labute approximate surface area is 129 Å². The van der Waals surface area contributed by atoms with Gasteiger partial charge in [-0.25, -0.2) is 4.98 Å². The number of hydrogen-bond donors (Lipinski definition) is 2. The zero-order valence-electron chi connectivity index (χ0n) is 12.4. The number of anilines is 1. The van der Waals surface area contributed by atoms with Crippen LogP contribution in [0.25, 0.3) is 0 Å². The van der Waals surface area contributed by atoms with E-state index in [1.54, 1.807) is 18.3 Å². The third kappa shape index (κ3) is 3.20. The van der Waals surface area contributed by atoms with Crippen molar-refractivity contribution in [2.45, 2.75) is 37.8 Å². The fourth-order valence-corrected chi connectivity index (χ4v) is 2.89. The summed E-state index contributed by atoms with van der Waals surface area (Å²) < 4.78 is 0. The Morgan fingerprint density at radius 2 is 2.14 bits per heavy atom. The van der Waals surface area contributed by atoms with Crippen molar-refractivity contribution in [2.75, 3.05) is 18.0 Å². The molecule has 1 aliphatic heterocycles. The Bertz CT molecular complexity index is 586. The van der Waals surface area contributed by atoms with Crippen LogP contribution in [0.5, 0.6) is 0 Å². The number of aromatic nitrogens is 1. The van der Waals surface area contributed by atoms with E-state index in [4.69, 9.17) is 5.26 Å². The van der Waals surface area contributed by atoms with E-state index in [9.17, 15) is 9.90 Å². The normalized spacial score (nSPS) is 20.3. The highest BCUT2D eigenvalue weighted by molar-refractivity contribution is 5.81. The molecule has 1 aromatic heterocycles. The zero-order valence-corrected chi connectivity index (χ0v) is 12.4. The molecule has 3 rings (SSSR count). The van der Waals surface area contributed by atoms with Gasteiger partial charge >= 0.3 is 0 Å². The van der Waals surface area contributed by atoms with Gasteiger partial charge in [0.05, 0.1) is 5.56 Å². The number of rotatable bonds is 4. The number of piperidine rings is 1. The number of nitrogens with one attached hydrogen (secondary N) is 1. The highest BCUT2D eigenvalue weighted by atomic mass is 16.3. The number of nitrogens with zero attached hydrogens (tertiary/aromatic N) is 3. The van der Waals surface area contributed by atoms with E-state index in [-0.39, 0.29) is 17.9 Å². The lowest BCUT2D eigenvalue weighted by Gasteiger charge is -2.34. The average Bonchev–Trinajstić information content (AvgIpc) is 3.38. The molecule has 1 aromatic rings. The van der Waals surface area contributed by atoms with Gasteiger partial charge in [0, 0.05) is 25.3 Å². The molecule has 2 aliphatic rings. The number of carbonyl (C=O) groups excluding carboxylic acids is 1. The molecule has 6 nitrogen and oxygen atoms in total. The molecule has 1 aliphatic carbocycles. The first-order valence-corrected chi connectivity index (χ1v) is 7.77. The predicted octanol–water partition coefficient (Wildman–Crippen LogP) is 0.809. The van der Waals surface area contributed by atoms with Crippen LogP contribution >= 0.6 is 0 Å². The number of amides is 1. The molecule has 2 heterocycles. The summed E-state index contributed by atoms with van der Waals surface area (Å²) >= 11 is 0. The molecule has 1 saturated heterocycles. The van der Waals surface area contributed by atoms with Crippen LogP contribution in [0, 0.1) is 17.2 Å². The molecule has 1 atom stereocenters. The molecular formula is C16H20N4O2. The maximum Gasteiger partial charge on any atom is 0.249 e. The van der Waals surface area contributed by atoms with E-state index < -0.39 is 6.10 Å². The highest BCUT2D eigenvalue weighted by Crippen LogP contribution is 2.27. The van der Waals surface area contributed by atoms with E-state index in [1.807, 2.05) is 0 Å².